The van der Waals surface area contributed by atoms with Crippen LogP contribution in [0, 0.1) is 12.3 Å². The predicted octanol–water partition coefficient (Wildman–Crippen LogP) is 2.50. The quantitative estimate of drug-likeness (QED) is 0.707. The summed E-state index contributed by atoms with van der Waals surface area (Å²) in [6, 6.07) is 7.87. The molecule has 1 saturated carbocycles. The number of hydrazone groups is 1. The molecule has 1 heterocycles. The number of carbonyl (C=O) groups is 1. The molecule has 3 heteroatoms. The third-order valence-electron chi connectivity index (χ3n) is 3.64. The molecule has 0 saturated heterocycles. The highest BCUT2D eigenvalue weighted by atomic mass is 16.2. The van der Waals surface area contributed by atoms with Crippen molar-refractivity contribution < 1.29 is 4.79 Å². The van der Waals surface area contributed by atoms with Crippen LogP contribution in [0.15, 0.2) is 29.4 Å². The highest BCUT2D eigenvalue weighted by molar-refractivity contribution is 6.20. The Morgan fingerprint density at radius 2 is 1.94 bits per heavy atom. The second kappa shape index (κ2) is 2.94. The highest BCUT2D eigenvalue weighted by Crippen LogP contribution is 2.52. The van der Waals surface area contributed by atoms with Gasteiger partial charge in [0.25, 0.3) is 5.91 Å². The predicted molar refractivity (Wildman–Crippen MR) is 63.4 cm³/mol. The van der Waals surface area contributed by atoms with Crippen molar-refractivity contribution in [2.75, 3.05) is 5.01 Å². The molecule has 0 bridgehead atoms. The van der Waals surface area contributed by atoms with E-state index in [9.17, 15) is 4.79 Å². The lowest BCUT2D eigenvalue weighted by Crippen LogP contribution is -2.28. The lowest BCUT2D eigenvalue weighted by atomic mass is 10.0. The molecule has 0 unspecified atom stereocenters. The van der Waals surface area contributed by atoms with Gasteiger partial charge < -0.3 is 0 Å². The minimum absolute atomic E-state index is 0.152. The van der Waals surface area contributed by atoms with Crippen LogP contribution in [0.3, 0.4) is 0 Å². The maximum absolute atomic E-state index is 12.3. The van der Waals surface area contributed by atoms with Crippen LogP contribution in [0.5, 0.6) is 0 Å². The van der Waals surface area contributed by atoms with Crippen molar-refractivity contribution in [2.45, 2.75) is 26.7 Å². The zero-order valence-corrected chi connectivity index (χ0v) is 9.53. The first-order chi connectivity index (χ1) is 7.65. The van der Waals surface area contributed by atoms with E-state index in [0.29, 0.717) is 0 Å². The van der Waals surface area contributed by atoms with E-state index in [1.807, 2.05) is 38.1 Å². The van der Waals surface area contributed by atoms with Gasteiger partial charge in [0.2, 0.25) is 0 Å². The molecule has 1 spiro atoms. The first-order valence-corrected chi connectivity index (χ1v) is 5.61. The molecule has 0 aromatic heterocycles. The summed E-state index contributed by atoms with van der Waals surface area (Å²) in [7, 11) is 0. The molecule has 16 heavy (non-hydrogen) atoms. The largest absolute Gasteiger partial charge is 0.271 e. The average Bonchev–Trinajstić information content (AvgIpc) is 3.03. The van der Waals surface area contributed by atoms with E-state index in [1.54, 1.807) is 5.01 Å². The number of anilines is 1. The second-order valence-corrected chi connectivity index (χ2v) is 4.67. The second-order valence-electron chi connectivity index (χ2n) is 4.67. The molecule has 82 valence electrons. The summed E-state index contributed by atoms with van der Waals surface area (Å²) < 4.78 is 0. The summed E-state index contributed by atoms with van der Waals surface area (Å²) in [4.78, 5) is 12.3. The molecule has 3 rings (SSSR count). The van der Waals surface area contributed by atoms with Gasteiger partial charge in [-0.15, -0.1) is 0 Å². The zero-order chi connectivity index (χ0) is 11.3. The van der Waals surface area contributed by atoms with Crippen LogP contribution in [-0.4, -0.2) is 11.6 Å². The van der Waals surface area contributed by atoms with E-state index in [-0.39, 0.29) is 11.3 Å². The Bertz CT molecular complexity index is 500. The van der Waals surface area contributed by atoms with Crippen molar-refractivity contribution in [3.8, 4) is 0 Å². The van der Waals surface area contributed by atoms with Gasteiger partial charge in [-0.3, -0.25) is 4.79 Å². The van der Waals surface area contributed by atoms with Gasteiger partial charge in [-0.1, -0.05) is 18.2 Å². The maximum Gasteiger partial charge on any atom is 0.259 e. The fourth-order valence-electron chi connectivity index (χ4n) is 2.31. The third-order valence-corrected chi connectivity index (χ3v) is 3.64. The molecule has 2 aliphatic rings. The molecular weight excluding hydrogens is 200 g/mol. The van der Waals surface area contributed by atoms with Crippen molar-refractivity contribution in [2.24, 2.45) is 10.5 Å². The SMILES string of the molecule is CC1=NN(c2ccccc2C)C(=O)C12CC2. The van der Waals surface area contributed by atoms with Crippen molar-refractivity contribution >= 4 is 17.3 Å². The summed E-state index contributed by atoms with van der Waals surface area (Å²) >= 11 is 0. The normalized spacial score (nSPS) is 21.5. The maximum atomic E-state index is 12.3. The van der Waals surface area contributed by atoms with E-state index in [2.05, 4.69) is 5.10 Å². The van der Waals surface area contributed by atoms with Gasteiger partial charge in [0.05, 0.1) is 16.8 Å². The lowest BCUT2D eigenvalue weighted by molar-refractivity contribution is -0.120. The number of amides is 1. The van der Waals surface area contributed by atoms with Crippen LogP contribution in [0.25, 0.3) is 0 Å². The first-order valence-electron chi connectivity index (χ1n) is 5.61. The van der Waals surface area contributed by atoms with Gasteiger partial charge in [0, 0.05) is 0 Å². The van der Waals surface area contributed by atoms with E-state index < -0.39 is 0 Å². The smallest absolute Gasteiger partial charge is 0.259 e. The summed E-state index contributed by atoms with van der Waals surface area (Å²) in [6.45, 7) is 3.97. The third kappa shape index (κ3) is 1.08. The molecule has 0 radical (unpaired) electrons. The average molecular weight is 214 g/mol. The number of carbonyl (C=O) groups excluding carboxylic acids is 1. The molecule has 1 amide bonds. The van der Waals surface area contributed by atoms with Crippen molar-refractivity contribution in [3.05, 3.63) is 29.8 Å². The number of aryl methyl sites for hydroxylation is 1. The van der Waals surface area contributed by atoms with Crippen molar-refractivity contribution in [1.29, 1.82) is 0 Å². The number of rotatable bonds is 1. The Balaban J connectivity index is 2.05. The fraction of sp³-hybridized carbons (Fsp3) is 0.385. The molecule has 1 fully saturated rings. The monoisotopic (exact) mass is 214 g/mol. The lowest BCUT2D eigenvalue weighted by Gasteiger charge is -2.15. The minimum Gasteiger partial charge on any atom is -0.271 e. The van der Waals surface area contributed by atoms with E-state index in [1.165, 1.54) is 0 Å². The number of hydrogen-bond acceptors (Lipinski definition) is 2. The number of para-hydroxylation sites is 1. The molecule has 0 atom stereocenters. The van der Waals surface area contributed by atoms with Crippen LogP contribution in [0.4, 0.5) is 5.69 Å². The van der Waals surface area contributed by atoms with E-state index in [0.717, 1.165) is 29.8 Å². The number of nitrogens with zero attached hydrogens (tertiary/aromatic N) is 2. The van der Waals surface area contributed by atoms with E-state index in [4.69, 9.17) is 0 Å². The van der Waals surface area contributed by atoms with Crippen LogP contribution < -0.4 is 5.01 Å². The van der Waals surface area contributed by atoms with Gasteiger partial charge in [-0.05, 0) is 38.3 Å². The summed E-state index contributed by atoms with van der Waals surface area (Å²) in [5.74, 6) is 0.152. The molecule has 1 aliphatic carbocycles. The molecular formula is C13H14N2O. The first kappa shape index (κ1) is 9.58. The fourth-order valence-corrected chi connectivity index (χ4v) is 2.31. The zero-order valence-electron chi connectivity index (χ0n) is 9.53. The van der Waals surface area contributed by atoms with Gasteiger partial charge >= 0.3 is 0 Å². The molecule has 3 nitrogen and oxygen atoms in total. The molecule has 1 aliphatic heterocycles. The summed E-state index contributed by atoms with van der Waals surface area (Å²) in [5.41, 5.74) is 2.74. The minimum atomic E-state index is -0.234. The Hall–Kier alpha value is -1.64. The Morgan fingerprint density at radius 3 is 2.50 bits per heavy atom. The highest BCUT2D eigenvalue weighted by Gasteiger charge is 2.58. The van der Waals surface area contributed by atoms with Gasteiger partial charge in [-0.2, -0.15) is 10.1 Å². The summed E-state index contributed by atoms with van der Waals surface area (Å²) in [5, 5.41) is 6.00. The molecule has 1 aromatic carbocycles. The number of hydrogen-bond donors (Lipinski definition) is 0. The van der Waals surface area contributed by atoms with Gasteiger partial charge in [0.1, 0.15) is 0 Å². The molecule has 0 N–H and O–H groups in total. The summed E-state index contributed by atoms with van der Waals surface area (Å²) in [6.07, 6.45) is 1.92. The number of benzene rings is 1. The van der Waals surface area contributed by atoms with Crippen molar-refractivity contribution in [3.63, 3.8) is 0 Å². The topological polar surface area (TPSA) is 32.7 Å². The van der Waals surface area contributed by atoms with Crippen LogP contribution in [0.2, 0.25) is 0 Å². The van der Waals surface area contributed by atoms with Crippen LogP contribution in [-0.2, 0) is 4.79 Å². The van der Waals surface area contributed by atoms with Crippen LogP contribution >= 0.6 is 0 Å². The Morgan fingerprint density at radius 1 is 1.25 bits per heavy atom. The Kier molecular flexibility index (Phi) is 1.76. The standard InChI is InChI=1S/C13H14N2O/c1-9-5-3-4-6-11(9)15-12(16)13(7-8-13)10(2)14-15/h3-6H,7-8H2,1-2H3. The van der Waals surface area contributed by atoms with Crippen molar-refractivity contribution in [1.82, 2.24) is 0 Å². The van der Waals surface area contributed by atoms with Gasteiger partial charge in [0.15, 0.2) is 0 Å². The van der Waals surface area contributed by atoms with E-state index >= 15 is 0 Å². The van der Waals surface area contributed by atoms with Gasteiger partial charge in [-0.25, -0.2) is 0 Å². The Labute approximate surface area is 94.8 Å². The van der Waals surface area contributed by atoms with Crippen LogP contribution in [0.1, 0.15) is 25.3 Å². The molecule has 1 aromatic rings.